The number of carbonyl (C=O) groups is 2. The number of Topliss-reactive ketones (excluding diaryl/α,β-unsaturated/α-hetero) is 1. The summed E-state index contributed by atoms with van der Waals surface area (Å²) in [6.07, 6.45) is 2.02. The number of hydrogen-bond donors (Lipinski definition) is 3. The molecule has 7 heteroatoms. The lowest BCUT2D eigenvalue weighted by atomic mass is 10.0. The van der Waals surface area contributed by atoms with Gasteiger partial charge in [-0.15, -0.1) is 0 Å². The molecule has 1 aromatic heterocycles. The number of carboxylic acid groups (broad SMARTS) is 1. The minimum atomic E-state index is -0.976. The molecule has 2 aromatic carbocycles. The number of H-pyrrole nitrogens is 1. The van der Waals surface area contributed by atoms with E-state index in [4.69, 9.17) is 9.47 Å². The molecular formula is C24H27NO6. The van der Waals surface area contributed by atoms with Crippen molar-refractivity contribution in [3.05, 3.63) is 52.7 Å². The van der Waals surface area contributed by atoms with Gasteiger partial charge in [-0.3, -0.25) is 4.79 Å². The van der Waals surface area contributed by atoms with Crippen LogP contribution in [0, 0.1) is 6.92 Å². The Morgan fingerprint density at radius 3 is 2.52 bits per heavy atom. The van der Waals surface area contributed by atoms with E-state index in [0.717, 1.165) is 11.9 Å². The number of ketones is 1. The molecular weight excluding hydrogens is 398 g/mol. The molecule has 0 aliphatic heterocycles. The molecule has 0 radical (unpaired) electrons. The van der Waals surface area contributed by atoms with Crippen molar-refractivity contribution in [1.29, 1.82) is 0 Å². The number of hydrogen-bond acceptors (Lipinski definition) is 5. The van der Waals surface area contributed by atoms with Crippen LogP contribution in [0.15, 0.2) is 30.3 Å². The molecule has 0 bridgehead atoms. The third-order valence-electron chi connectivity index (χ3n) is 5.11. The molecule has 3 N–H and O–H groups in total. The lowest BCUT2D eigenvalue weighted by Gasteiger charge is -2.15. The van der Waals surface area contributed by atoms with Gasteiger partial charge in [0.15, 0.2) is 5.78 Å². The first-order valence-electron chi connectivity index (χ1n) is 10.3. The Bertz CT molecular complexity index is 1110. The Hall–Kier alpha value is -3.48. The molecule has 0 amide bonds. The van der Waals surface area contributed by atoms with E-state index in [-0.39, 0.29) is 17.1 Å². The predicted molar refractivity (Wildman–Crippen MR) is 118 cm³/mol. The number of phenolic OH excluding ortho intramolecular Hbond substituents is 1. The number of fused-ring (bicyclic) bond motifs is 1. The molecule has 0 spiro atoms. The van der Waals surface area contributed by atoms with E-state index >= 15 is 0 Å². The SMILES string of the molecule is CCCc1c(OCCCOc2ccc3[nH]c(C)c(C(=O)O)c3c2)ccc(C(C)=O)c1O. The first kappa shape index (κ1) is 22.2. The van der Waals surface area contributed by atoms with Gasteiger partial charge >= 0.3 is 5.97 Å². The summed E-state index contributed by atoms with van der Waals surface area (Å²) < 4.78 is 11.6. The molecule has 0 aliphatic rings. The Labute approximate surface area is 180 Å². The molecule has 0 fully saturated rings. The molecule has 0 aliphatic carbocycles. The van der Waals surface area contributed by atoms with Crippen molar-refractivity contribution in [3.8, 4) is 17.2 Å². The van der Waals surface area contributed by atoms with Crippen LogP contribution in [0.5, 0.6) is 17.2 Å². The largest absolute Gasteiger partial charge is 0.507 e. The van der Waals surface area contributed by atoms with Gasteiger partial charge in [0.2, 0.25) is 0 Å². The van der Waals surface area contributed by atoms with E-state index in [0.29, 0.717) is 59.8 Å². The third kappa shape index (κ3) is 4.82. The highest BCUT2D eigenvalue weighted by Crippen LogP contribution is 2.33. The zero-order chi connectivity index (χ0) is 22.5. The van der Waals surface area contributed by atoms with Crippen LogP contribution in [0.25, 0.3) is 10.9 Å². The zero-order valence-electron chi connectivity index (χ0n) is 17.9. The number of aryl methyl sites for hydroxylation is 1. The van der Waals surface area contributed by atoms with Crippen LogP contribution in [0.1, 0.15) is 58.7 Å². The van der Waals surface area contributed by atoms with Gasteiger partial charge in [-0.2, -0.15) is 0 Å². The maximum atomic E-state index is 11.7. The fourth-order valence-electron chi connectivity index (χ4n) is 3.63. The Morgan fingerprint density at radius 1 is 1.10 bits per heavy atom. The molecule has 0 unspecified atom stereocenters. The highest BCUT2D eigenvalue weighted by Gasteiger charge is 2.17. The molecule has 1 heterocycles. The highest BCUT2D eigenvalue weighted by molar-refractivity contribution is 6.05. The van der Waals surface area contributed by atoms with E-state index in [1.54, 1.807) is 37.3 Å². The first-order chi connectivity index (χ1) is 14.8. The van der Waals surface area contributed by atoms with Gasteiger partial charge in [0.1, 0.15) is 17.2 Å². The molecule has 0 saturated carbocycles. The van der Waals surface area contributed by atoms with Crippen molar-refractivity contribution < 1.29 is 29.3 Å². The van der Waals surface area contributed by atoms with E-state index in [1.807, 2.05) is 6.92 Å². The number of phenols is 1. The van der Waals surface area contributed by atoms with Crippen molar-refractivity contribution in [1.82, 2.24) is 4.98 Å². The van der Waals surface area contributed by atoms with Gasteiger partial charge < -0.3 is 24.7 Å². The van der Waals surface area contributed by atoms with Crippen molar-refractivity contribution in [2.45, 2.75) is 40.0 Å². The number of aromatic carboxylic acids is 1. The number of carboxylic acids is 1. The molecule has 3 aromatic rings. The average Bonchev–Trinajstić information content (AvgIpc) is 3.05. The quantitative estimate of drug-likeness (QED) is 0.315. The van der Waals surface area contributed by atoms with Crippen LogP contribution in [0.3, 0.4) is 0 Å². The number of nitrogens with one attached hydrogen (secondary N) is 1. The lowest BCUT2D eigenvalue weighted by molar-refractivity contribution is 0.0698. The topological polar surface area (TPSA) is 109 Å². The maximum absolute atomic E-state index is 11.7. The van der Waals surface area contributed by atoms with Crippen LogP contribution < -0.4 is 9.47 Å². The number of benzene rings is 2. The normalized spacial score (nSPS) is 10.9. The molecule has 7 nitrogen and oxygen atoms in total. The minimum absolute atomic E-state index is 0.00701. The van der Waals surface area contributed by atoms with Crippen LogP contribution in [-0.2, 0) is 6.42 Å². The van der Waals surface area contributed by atoms with Gasteiger partial charge in [-0.05, 0) is 50.6 Å². The predicted octanol–water partition coefficient (Wildman–Crippen LogP) is 4.88. The number of aromatic amines is 1. The average molecular weight is 425 g/mol. The summed E-state index contributed by atoms with van der Waals surface area (Å²) in [6, 6.07) is 8.62. The second-order valence-electron chi connectivity index (χ2n) is 7.43. The van der Waals surface area contributed by atoms with E-state index in [1.165, 1.54) is 6.92 Å². The third-order valence-corrected chi connectivity index (χ3v) is 5.11. The van der Waals surface area contributed by atoms with Crippen molar-refractivity contribution in [2.24, 2.45) is 0 Å². The summed E-state index contributed by atoms with van der Waals surface area (Å²) in [7, 11) is 0. The number of aromatic hydroxyl groups is 1. The van der Waals surface area contributed by atoms with Crippen LogP contribution >= 0.6 is 0 Å². The minimum Gasteiger partial charge on any atom is -0.507 e. The van der Waals surface area contributed by atoms with Gasteiger partial charge in [0.05, 0.1) is 24.3 Å². The van der Waals surface area contributed by atoms with E-state index in [9.17, 15) is 19.8 Å². The highest BCUT2D eigenvalue weighted by atomic mass is 16.5. The van der Waals surface area contributed by atoms with Crippen molar-refractivity contribution in [2.75, 3.05) is 13.2 Å². The second-order valence-corrected chi connectivity index (χ2v) is 7.43. The number of aromatic nitrogens is 1. The first-order valence-corrected chi connectivity index (χ1v) is 10.3. The smallest absolute Gasteiger partial charge is 0.338 e. The summed E-state index contributed by atoms with van der Waals surface area (Å²) in [5.74, 6) is -0.0112. The molecule has 3 rings (SSSR count). The molecule has 164 valence electrons. The Balaban J connectivity index is 1.60. The van der Waals surface area contributed by atoms with Crippen LogP contribution in [0.2, 0.25) is 0 Å². The maximum Gasteiger partial charge on any atom is 0.338 e. The van der Waals surface area contributed by atoms with E-state index < -0.39 is 5.97 Å². The van der Waals surface area contributed by atoms with Gasteiger partial charge in [0.25, 0.3) is 0 Å². The summed E-state index contributed by atoms with van der Waals surface area (Å²) in [5, 5.41) is 20.4. The van der Waals surface area contributed by atoms with Gasteiger partial charge in [0, 0.05) is 28.6 Å². The fraction of sp³-hybridized carbons (Fsp3) is 0.333. The number of ether oxygens (including phenoxy) is 2. The second kappa shape index (κ2) is 9.55. The number of carbonyl (C=O) groups excluding carboxylic acids is 1. The van der Waals surface area contributed by atoms with E-state index in [2.05, 4.69) is 4.98 Å². The molecule has 0 atom stereocenters. The monoisotopic (exact) mass is 425 g/mol. The fourth-order valence-corrected chi connectivity index (χ4v) is 3.63. The lowest BCUT2D eigenvalue weighted by Crippen LogP contribution is -2.07. The summed E-state index contributed by atoms with van der Waals surface area (Å²) in [6.45, 7) is 5.92. The Kier molecular flexibility index (Phi) is 6.84. The number of rotatable bonds is 10. The van der Waals surface area contributed by atoms with Crippen molar-refractivity contribution in [3.63, 3.8) is 0 Å². The van der Waals surface area contributed by atoms with Crippen LogP contribution in [-0.4, -0.2) is 40.2 Å². The van der Waals surface area contributed by atoms with Crippen molar-refractivity contribution >= 4 is 22.7 Å². The summed E-state index contributed by atoms with van der Waals surface area (Å²) in [5.41, 5.74) is 2.56. The van der Waals surface area contributed by atoms with Crippen LogP contribution in [0.4, 0.5) is 0 Å². The zero-order valence-corrected chi connectivity index (χ0v) is 17.9. The Morgan fingerprint density at radius 2 is 1.84 bits per heavy atom. The van der Waals surface area contributed by atoms with Gasteiger partial charge in [-0.25, -0.2) is 4.79 Å². The summed E-state index contributed by atoms with van der Waals surface area (Å²) >= 11 is 0. The van der Waals surface area contributed by atoms with Gasteiger partial charge in [-0.1, -0.05) is 13.3 Å². The molecule has 31 heavy (non-hydrogen) atoms. The standard InChI is InChI=1S/C24H27NO6/c1-4-6-18-21(10-8-17(15(3)26)23(18)27)31-12-5-11-30-16-7-9-20-19(13-16)22(24(28)29)14(2)25-20/h7-10,13,25,27H,4-6,11-12H2,1-3H3,(H,28,29). The summed E-state index contributed by atoms with van der Waals surface area (Å²) in [4.78, 5) is 26.2. The molecule has 0 saturated heterocycles.